The van der Waals surface area contributed by atoms with E-state index in [4.69, 9.17) is 4.74 Å². The molecule has 8 heteroatoms. The van der Waals surface area contributed by atoms with Gasteiger partial charge < -0.3 is 15.0 Å². The van der Waals surface area contributed by atoms with Crippen LogP contribution in [0, 0.1) is 5.82 Å². The van der Waals surface area contributed by atoms with E-state index in [1.54, 1.807) is 19.2 Å². The number of aromatic nitrogens is 2. The number of ether oxygens (including phenoxy) is 1. The van der Waals surface area contributed by atoms with Gasteiger partial charge >= 0.3 is 0 Å². The number of nitrogens with zero attached hydrogens (tertiary/aromatic N) is 3. The Morgan fingerprint density at radius 1 is 1.31 bits per heavy atom. The van der Waals surface area contributed by atoms with Crippen LogP contribution >= 0.6 is 11.5 Å². The average Bonchev–Trinajstić information content (AvgIpc) is 3.05. The van der Waals surface area contributed by atoms with Gasteiger partial charge in [-0.3, -0.25) is 4.79 Å². The van der Waals surface area contributed by atoms with E-state index in [-0.39, 0.29) is 17.8 Å². The van der Waals surface area contributed by atoms with Crippen LogP contribution in [0.15, 0.2) is 24.3 Å². The number of carbonyl (C=O) groups excluding carboxylic acids is 1. The lowest BCUT2D eigenvalue weighted by Gasteiger charge is -2.21. The van der Waals surface area contributed by atoms with Crippen LogP contribution in [0.2, 0.25) is 0 Å². The molecule has 6 nitrogen and oxygen atoms in total. The Morgan fingerprint density at radius 3 is 2.69 bits per heavy atom. The van der Waals surface area contributed by atoms with Crippen LogP contribution in [0.25, 0.3) is 0 Å². The van der Waals surface area contributed by atoms with Crippen molar-refractivity contribution in [2.45, 2.75) is 32.7 Å². The van der Waals surface area contributed by atoms with Gasteiger partial charge in [-0.05, 0) is 31.5 Å². The first-order valence-electron chi connectivity index (χ1n) is 8.58. The molecule has 0 fully saturated rings. The molecular weight excluding hydrogens is 355 g/mol. The quantitative estimate of drug-likeness (QED) is 0.686. The fourth-order valence-corrected chi connectivity index (χ4v) is 3.10. The van der Waals surface area contributed by atoms with Gasteiger partial charge in [-0.1, -0.05) is 12.1 Å². The van der Waals surface area contributed by atoms with Crippen molar-refractivity contribution in [3.8, 4) is 0 Å². The highest BCUT2D eigenvalue weighted by Gasteiger charge is 2.15. The van der Waals surface area contributed by atoms with Crippen molar-refractivity contribution < 1.29 is 13.9 Å². The monoisotopic (exact) mass is 380 g/mol. The SMILES string of the molecule is COCCN(CCC(=O)NC(C)C)c1nc(Cc2ccc(F)cc2)ns1. The van der Waals surface area contributed by atoms with E-state index >= 15 is 0 Å². The van der Waals surface area contributed by atoms with Gasteiger partial charge in [0.15, 0.2) is 0 Å². The summed E-state index contributed by atoms with van der Waals surface area (Å²) in [7, 11) is 1.64. The Bertz CT molecular complexity index is 691. The molecule has 142 valence electrons. The van der Waals surface area contributed by atoms with Crippen LogP contribution in [0.5, 0.6) is 0 Å². The van der Waals surface area contributed by atoms with Crippen LogP contribution in [0.3, 0.4) is 0 Å². The summed E-state index contributed by atoms with van der Waals surface area (Å²) in [5, 5.41) is 3.65. The topological polar surface area (TPSA) is 67.3 Å². The van der Waals surface area contributed by atoms with E-state index in [0.717, 1.165) is 10.7 Å². The summed E-state index contributed by atoms with van der Waals surface area (Å²) in [6.07, 6.45) is 0.928. The van der Waals surface area contributed by atoms with E-state index in [1.807, 2.05) is 18.7 Å². The number of halogens is 1. The zero-order chi connectivity index (χ0) is 18.9. The van der Waals surface area contributed by atoms with Crippen LogP contribution < -0.4 is 10.2 Å². The number of benzene rings is 1. The van der Waals surface area contributed by atoms with Crippen LogP contribution in [0.4, 0.5) is 9.52 Å². The van der Waals surface area contributed by atoms with E-state index in [9.17, 15) is 9.18 Å². The van der Waals surface area contributed by atoms with Crippen molar-refractivity contribution in [2.24, 2.45) is 0 Å². The molecular formula is C18H25FN4O2S. The first kappa shape index (κ1) is 20.3. The van der Waals surface area contributed by atoms with E-state index < -0.39 is 0 Å². The normalized spacial score (nSPS) is 11.0. The molecule has 0 saturated heterocycles. The molecule has 0 unspecified atom stereocenters. The summed E-state index contributed by atoms with van der Waals surface area (Å²) in [5.41, 5.74) is 0.954. The molecule has 1 aromatic carbocycles. The predicted octanol–water partition coefficient (Wildman–Crippen LogP) is 2.64. The second-order valence-electron chi connectivity index (χ2n) is 6.25. The number of anilines is 1. The largest absolute Gasteiger partial charge is 0.383 e. The van der Waals surface area contributed by atoms with Crippen molar-refractivity contribution in [3.05, 3.63) is 41.5 Å². The predicted molar refractivity (Wildman–Crippen MR) is 101 cm³/mol. The van der Waals surface area contributed by atoms with Gasteiger partial charge in [0.1, 0.15) is 11.6 Å². The Morgan fingerprint density at radius 2 is 2.04 bits per heavy atom. The Kier molecular flexibility index (Phi) is 7.93. The second-order valence-corrected chi connectivity index (χ2v) is 6.98. The van der Waals surface area contributed by atoms with Crippen LogP contribution in [0.1, 0.15) is 31.7 Å². The van der Waals surface area contributed by atoms with Gasteiger partial charge in [0.05, 0.1) is 6.61 Å². The van der Waals surface area contributed by atoms with Gasteiger partial charge in [-0.2, -0.15) is 4.37 Å². The third-order valence-electron chi connectivity index (χ3n) is 3.63. The lowest BCUT2D eigenvalue weighted by atomic mass is 10.1. The molecule has 0 radical (unpaired) electrons. The molecule has 0 bridgehead atoms. The maximum Gasteiger partial charge on any atom is 0.221 e. The molecule has 0 aliphatic heterocycles. The van der Waals surface area contributed by atoms with Gasteiger partial charge in [-0.15, -0.1) is 0 Å². The van der Waals surface area contributed by atoms with Crippen molar-refractivity contribution >= 4 is 22.6 Å². The third kappa shape index (κ3) is 6.68. The number of carbonyl (C=O) groups is 1. The van der Waals surface area contributed by atoms with Crippen molar-refractivity contribution in [3.63, 3.8) is 0 Å². The number of rotatable bonds is 10. The van der Waals surface area contributed by atoms with Crippen molar-refractivity contribution in [1.29, 1.82) is 0 Å². The fourth-order valence-electron chi connectivity index (χ4n) is 2.37. The molecule has 1 N–H and O–H groups in total. The minimum Gasteiger partial charge on any atom is -0.383 e. The average molecular weight is 380 g/mol. The fraction of sp³-hybridized carbons (Fsp3) is 0.500. The molecule has 0 spiro atoms. The molecule has 0 saturated carbocycles. The standard InChI is InChI=1S/C18H25FN4O2S/c1-13(2)20-17(24)8-9-23(10-11-25-3)18-21-16(22-26-18)12-14-4-6-15(19)7-5-14/h4-7,13H,8-12H2,1-3H3,(H,20,24). The molecule has 0 atom stereocenters. The summed E-state index contributed by atoms with van der Waals surface area (Å²) < 4.78 is 22.6. The first-order valence-corrected chi connectivity index (χ1v) is 9.35. The second kappa shape index (κ2) is 10.2. The maximum atomic E-state index is 13.0. The number of methoxy groups -OCH3 is 1. The first-order chi connectivity index (χ1) is 12.5. The third-order valence-corrected chi connectivity index (χ3v) is 4.44. The highest BCUT2D eigenvalue weighted by Crippen LogP contribution is 2.19. The maximum absolute atomic E-state index is 13.0. The Hall–Kier alpha value is -2.06. The highest BCUT2D eigenvalue weighted by atomic mass is 32.1. The zero-order valence-corrected chi connectivity index (χ0v) is 16.2. The smallest absolute Gasteiger partial charge is 0.221 e. The number of nitrogens with one attached hydrogen (secondary N) is 1. The molecule has 1 amide bonds. The summed E-state index contributed by atoms with van der Waals surface area (Å²) in [4.78, 5) is 18.5. The Balaban J connectivity index is 1.99. The molecule has 2 aromatic rings. The summed E-state index contributed by atoms with van der Waals surface area (Å²) >= 11 is 1.30. The van der Waals surface area contributed by atoms with Gasteiger partial charge in [0, 0.05) is 50.6 Å². The highest BCUT2D eigenvalue weighted by molar-refractivity contribution is 7.09. The van der Waals surface area contributed by atoms with Crippen molar-refractivity contribution in [2.75, 3.05) is 31.7 Å². The summed E-state index contributed by atoms with van der Waals surface area (Å²) in [5.74, 6) is 0.440. The minimum atomic E-state index is -0.258. The molecule has 1 heterocycles. The molecule has 26 heavy (non-hydrogen) atoms. The van der Waals surface area contributed by atoms with E-state index in [2.05, 4.69) is 14.7 Å². The lowest BCUT2D eigenvalue weighted by molar-refractivity contribution is -0.121. The minimum absolute atomic E-state index is 0.0125. The van der Waals surface area contributed by atoms with E-state index in [1.165, 1.54) is 23.7 Å². The van der Waals surface area contributed by atoms with Gasteiger partial charge in [0.2, 0.25) is 11.0 Å². The van der Waals surface area contributed by atoms with Crippen molar-refractivity contribution in [1.82, 2.24) is 14.7 Å². The molecule has 2 rings (SSSR count). The lowest BCUT2D eigenvalue weighted by Crippen LogP contribution is -2.35. The molecule has 0 aliphatic rings. The summed E-state index contributed by atoms with van der Waals surface area (Å²) in [6, 6.07) is 6.45. The van der Waals surface area contributed by atoms with Crippen LogP contribution in [-0.4, -0.2) is 48.1 Å². The number of hydrogen-bond donors (Lipinski definition) is 1. The van der Waals surface area contributed by atoms with Gasteiger partial charge in [-0.25, -0.2) is 9.37 Å². The van der Waals surface area contributed by atoms with E-state index in [0.29, 0.717) is 38.4 Å². The van der Waals surface area contributed by atoms with Gasteiger partial charge in [0.25, 0.3) is 0 Å². The zero-order valence-electron chi connectivity index (χ0n) is 15.4. The molecule has 1 aromatic heterocycles. The molecule has 0 aliphatic carbocycles. The van der Waals surface area contributed by atoms with Crippen LogP contribution in [-0.2, 0) is 16.0 Å². The Labute approximate surface area is 157 Å². The summed E-state index contributed by atoms with van der Waals surface area (Å²) in [6.45, 7) is 5.60. The number of amides is 1. The number of hydrogen-bond acceptors (Lipinski definition) is 6.